The summed E-state index contributed by atoms with van der Waals surface area (Å²) in [7, 11) is 0. The summed E-state index contributed by atoms with van der Waals surface area (Å²) in [5, 5.41) is 0. The van der Waals surface area contributed by atoms with Crippen LogP contribution in [0.5, 0.6) is 0 Å². The Balaban J connectivity index is 1.65. The predicted octanol–water partition coefficient (Wildman–Crippen LogP) is 3.49. The summed E-state index contributed by atoms with van der Waals surface area (Å²) >= 11 is 0. The van der Waals surface area contributed by atoms with Gasteiger partial charge in [0.2, 0.25) is 0 Å². The van der Waals surface area contributed by atoms with Crippen molar-refractivity contribution < 1.29 is 18.0 Å². The van der Waals surface area contributed by atoms with Crippen LogP contribution < -0.4 is 16.4 Å². The summed E-state index contributed by atoms with van der Waals surface area (Å²) < 4.78 is 40.3. The number of carbonyl (C=O) groups excluding carboxylic acids is 1. The number of nitrogens with two attached hydrogens (primary N) is 2. The van der Waals surface area contributed by atoms with Crippen molar-refractivity contribution in [2.24, 2.45) is 5.73 Å². The van der Waals surface area contributed by atoms with Gasteiger partial charge in [0.15, 0.2) is 11.6 Å². The molecule has 172 valence electrons. The maximum atomic E-state index is 13.4. The summed E-state index contributed by atoms with van der Waals surface area (Å²) in [6.45, 7) is 1.47. The second-order valence-corrected chi connectivity index (χ2v) is 7.99. The van der Waals surface area contributed by atoms with Crippen LogP contribution in [0, 0.1) is 0 Å². The lowest BCUT2D eigenvalue weighted by Gasteiger charge is -2.33. The molecule has 4 rings (SSSR count). The van der Waals surface area contributed by atoms with Gasteiger partial charge in [-0.25, -0.2) is 9.97 Å². The molecule has 1 aromatic carbocycles. The lowest BCUT2D eigenvalue weighted by atomic mass is 10.0. The zero-order valence-electron chi connectivity index (χ0n) is 17.7. The van der Waals surface area contributed by atoms with Crippen LogP contribution in [0.2, 0.25) is 0 Å². The Morgan fingerprint density at radius 2 is 1.97 bits per heavy atom. The van der Waals surface area contributed by atoms with Gasteiger partial charge in [-0.2, -0.15) is 13.2 Å². The fourth-order valence-corrected chi connectivity index (χ4v) is 4.04. The molecular weight excluding hydrogens is 433 g/mol. The first-order valence-corrected chi connectivity index (χ1v) is 10.5. The van der Waals surface area contributed by atoms with Crippen LogP contribution in [0.25, 0.3) is 11.3 Å². The first-order valence-electron chi connectivity index (χ1n) is 10.5. The van der Waals surface area contributed by atoms with Gasteiger partial charge in [0.1, 0.15) is 5.69 Å². The fraction of sp³-hybridized carbons (Fsp3) is 0.304. The average Bonchev–Trinajstić information content (AvgIpc) is 2.79. The van der Waals surface area contributed by atoms with E-state index in [4.69, 9.17) is 11.5 Å². The number of ketones is 1. The van der Waals surface area contributed by atoms with Gasteiger partial charge in [-0.05, 0) is 25.0 Å². The molecule has 0 spiro atoms. The molecule has 1 saturated heterocycles. The third-order valence-electron chi connectivity index (χ3n) is 5.60. The van der Waals surface area contributed by atoms with E-state index in [1.54, 1.807) is 12.4 Å². The zero-order chi connectivity index (χ0) is 23.6. The number of halogens is 3. The molecule has 1 aliphatic rings. The van der Waals surface area contributed by atoms with Crippen molar-refractivity contribution in [3.63, 3.8) is 0 Å². The Bertz CT molecular complexity index is 1170. The molecule has 7 nitrogen and oxygen atoms in total. The molecule has 0 saturated carbocycles. The molecule has 1 aliphatic heterocycles. The molecule has 0 aliphatic carbocycles. The van der Waals surface area contributed by atoms with E-state index in [1.165, 1.54) is 18.2 Å². The van der Waals surface area contributed by atoms with Crippen LogP contribution in [0.3, 0.4) is 0 Å². The number of hydrogen-bond acceptors (Lipinski definition) is 7. The van der Waals surface area contributed by atoms with E-state index in [2.05, 4.69) is 19.9 Å². The maximum Gasteiger partial charge on any atom is 0.417 e. The van der Waals surface area contributed by atoms with Gasteiger partial charge in [-0.3, -0.25) is 9.78 Å². The molecule has 1 unspecified atom stereocenters. The monoisotopic (exact) mass is 456 g/mol. The number of rotatable bonds is 5. The second kappa shape index (κ2) is 9.14. The topological polar surface area (TPSA) is 111 Å². The van der Waals surface area contributed by atoms with E-state index in [1.807, 2.05) is 6.07 Å². The lowest BCUT2D eigenvalue weighted by Crippen LogP contribution is -2.43. The largest absolute Gasteiger partial charge is 0.417 e. The number of nitrogen functional groups attached to an aromatic ring is 1. The van der Waals surface area contributed by atoms with Gasteiger partial charge in [-0.1, -0.05) is 18.2 Å². The number of nitrogens with zero attached hydrogens (tertiary/aromatic N) is 4. The molecule has 0 bridgehead atoms. The number of aromatic nitrogens is 3. The second-order valence-electron chi connectivity index (χ2n) is 7.99. The van der Waals surface area contributed by atoms with Crippen LogP contribution in [-0.2, 0) is 12.6 Å². The van der Waals surface area contributed by atoms with E-state index in [-0.39, 0.29) is 35.2 Å². The van der Waals surface area contributed by atoms with Crippen LogP contribution >= 0.6 is 0 Å². The van der Waals surface area contributed by atoms with Crippen LogP contribution in [0.15, 0.2) is 48.9 Å². The van der Waals surface area contributed by atoms with Gasteiger partial charge >= 0.3 is 6.18 Å². The van der Waals surface area contributed by atoms with Crippen LogP contribution in [0.4, 0.5) is 24.7 Å². The number of carbonyl (C=O) groups is 1. The van der Waals surface area contributed by atoms with E-state index in [0.717, 1.165) is 37.3 Å². The maximum absolute atomic E-state index is 13.4. The van der Waals surface area contributed by atoms with Crippen LogP contribution in [-0.4, -0.2) is 39.9 Å². The van der Waals surface area contributed by atoms with Crippen molar-refractivity contribution >= 4 is 17.3 Å². The van der Waals surface area contributed by atoms with Crippen molar-refractivity contribution in [2.75, 3.05) is 23.7 Å². The Hall–Kier alpha value is -3.53. The van der Waals surface area contributed by atoms with E-state index < -0.39 is 17.5 Å². The number of pyridine rings is 1. The number of Topliss-reactive ketones (excluding diaryl/α,β-unsaturated/α-hetero) is 1. The molecule has 0 amide bonds. The lowest BCUT2D eigenvalue weighted by molar-refractivity contribution is -0.137. The fourth-order valence-electron chi connectivity index (χ4n) is 4.04. The summed E-state index contributed by atoms with van der Waals surface area (Å²) in [4.78, 5) is 27.5. The van der Waals surface area contributed by atoms with Crippen molar-refractivity contribution in [2.45, 2.75) is 31.5 Å². The summed E-state index contributed by atoms with van der Waals surface area (Å²) in [6, 6.07) is 6.87. The van der Waals surface area contributed by atoms with E-state index >= 15 is 0 Å². The Kier molecular flexibility index (Phi) is 6.28. The van der Waals surface area contributed by atoms with Crippen molar-refractivity contribution in [1.82, 2.24) is 15.0 Å². The van der Waals surface area contributed by atoms with E-state index in [0.29, 0.717) is 12.1 Å². The first-order chi connectivity index (χ1) is 15.7. The SMILES string of the molecule is Nc1ncc(-c2ccccc2C(F)(F)F)nc1C(=O)Cc1cnccc1N1CCCC(N)C1. The molecule has 4 N–H and O–H groups in total. The summed E-state index contributed by atoms with van der Waals surface area (Å²) in [5.41, 5.74) is 12.2. The van der Waals surface area contributed by atoms with Crippen molar-refractivity contribution in [1.29, 1.82) is 0 Å². The summed E-state index contributed by atoms with van der Waals surface area (Å²) in [5.74, 6) is -0.597. The molecule has 3 aromatic rings. The standard InChI is InChI=1S/C23H23F3N6O/c24-23(25,26)17-6-2-1-5-16(17)18-12-30-22(28)21(31-18)20(33)10-14-11-29-8-7-19(14)32-9-3-4-15(27)13-32/h1-2,5-8,11-12,15H,3-4,9-10,13,27H2,(H2,28,30). The molecule has 3 heterocycles. The highest BCUT2D eigenvalue weighted by molar-refractivity contribution is 6.00. The van der Waals surface area contributed by atoms with Gasteiger partial charge in [0, 0.05) is 54.8 Å². The minimum atomic E-state index is -4.58. The minimum absolute atomic E-state index is 0.0439. The van der Waals surface area contributed by atoms with Gasteiger partial charge in [0.05, 0.1) is 17.5 Å². The molecule has 0 radical (unpaired) electrons. The normalized spacial score (nSPS) is 16.6. The Morgan fingerprint density at radius 1 is 1.18 bits per heavy atom. The molecule has 1 fully saturated rings. The molecule has 1 atom stereocenters. The number of alkyl halides is 3. The van der Waals surface area contributed by atoms with E-state index in [9.17, 15) is 18.0 Å². The molecule has 33 heavy (non-hydrogen) atoms. The van der Waals surface area contributed by atoms with Crippen LogP contribution in [0.1, 0.15) is 34.5 Å². The van der Waals surface area contributed by atoms with Gasteiger partial charge < -0.3 is 16.4 Å². The highest BCUT2D eigenvalue weighted by atomic mass is 19.4. The quantitative estimate of drug-likeness (QED) is 0.566. The highest BCUT2D eigenvalue weighted by Gasteiger charge is 2.34. The zero-order valence-corrected chi connectivity index (χ0v) is 17.7. The van der Waals surface area contributed by atoms with Crippen molar-refractivity contribution in [3.8, 4) is 11.3 Å². The third-order valence-corrected chi connectivity index (χ3v) is 5.60. The van der Waals surface area contributed by atoms with Gasteiger partial charge in [-0.15, -0.1) is 0 Å². The first kappa shape index (κ1) is 22.7. The van der Waals surface area contributed by atoms with Gasteiger partial charge in [0.25, 0.3) is 0 Å². The number of hydrogen-bond donors (Lipinski definition) is 2. The minimum Gasteiger partial charge on any atom is -0.382 e. The third kappa shape index (κ3) is 4.95. The number of piperidine rings is 1. The number of anilines is 2. The molecule has 10 heteroatoms. The van der Waals surface area contributed by atoms with Crippen molar-refractivity contribution in [3.05, 3.63) is 65.7 Å². The molecule has 2 aromatic heterocycles. The molecular formula is C23H23F3N6O. The Morgan fingerprint density at radius 3 is 2.73 bits per heavy atom. The summed E-state index contributed by atoms with van der Waals surface area (Å²) in [6.07, 6.45) is 1.61. The average molecular weight is 456 g/mol. The Labute approximate surface area is 188 Å². The predicted molar refractivity (Wildman–Crippen MR) is 119 cm³/mol. The number of benzene rings is 1. The smallest absolute Gasteiger partial charge is 0.382 e. The highest BCUT2D eigenvalue weighted by Crippen LogP contribution is 2.36.